The Bertz CT molecular complexity index is 317. The molecule has 0 aromatic carbocycles. The maximum Gasteiger partial charge on any atom is 0.146 e. The number of aliphatic imine (C=N–C) groups is 1. The zero-order valence-electron chi connectivity index (χ0n) is 7.58. The van der Waals surface area contributed by atoms with Crippen LogP contribution in [0.3, 0.4) is 0 Å². The van der Waals surface area contributed by atoms with Crippen LogP contribution >= 0.6 is 15.9 Å². The van der Waals surface area contributed by atoms with E-state index in [-0.39, 0.29) is 0 Å². The van der Waals surface area contributed by atoms with Gasteiger partial charge in [0.15, 0.2) is 0 Å². The summed E-state index contributed by atoms with van der Waals surface area (Å²) >= 11 is 3.39. The Hall–Kier alpha value is -0.880. The van der Waals surface area contributed by atoms with Gasteiger partial charge in [0.2, 0.25) is 0 Å². The summed E-state index contributed by atoms with van der Waals surface area (Å²) in [7, 11) is 1.84. The Balaban J connectivity index is 3.05. The number of aryl methyl sites for hydroxylation is 1. The highest BCUT2D eigenvalue weighted by atomic mass is 79.9. The van der Waals surface area contributed by atoms with Crippen LogP contribution < -0.4 is 11.3 Å². The van der Waals surface area contributed by atoms with Crippen molar-refractivity contribution in [3.8, 4) is 0 Å². The highest BCUT2D eigenvalue weighted by Crippen LogP contribution is 2.14. The smallest absolute Gasteiger partial charge is 0.146 e. The second kappa shape index (κ2) is 4.38. The van der Waals surface area contributed by atoms with Crippen LogP contribution in [-0.4, -0.2) is 22.2 Å². The number of hydrazine groups is 1. The third kappa shape index (κ3) is 2.07. The lowest BCUT2D eigenvalue weighted by atomic mass is 10.3. The molecule has 0 aliphatic rings. The molecule has 13 heavy (non-hydrogen) atoms. The van der Waals surface area contributed by atoms with Crippen molar-refractivity contribution < 1.29 is 0 Å². The van der Waals surface area contributed by atoms with Gasteiger partial charge in [-0.1, -0.05) is 0 Å². The molecule has 0 amide bonds. The minimum absolute atomic E-state index is 0.641. The molecule has 0 aliphatic heterocycles. The number of amidine groups is 1. The quantitative estimate of drug-likeness (QED) is 0.344. The van der Waals surface area contributed by atoms with E-state index in [9.17, 15) is 0 Å². The summed E-state index contributed by atoms with van der Waals surface area (Å²) in [4.78, 5) is 4.18. The molecule has 1 rings (SSSR count). The highest BCUT2D eigenvalue weighted by Gasteiger charge is 2.09. The Morgan fingerprint density at radius 3 is 2.92 bits per heavy atom. The van der Waals surface area contributed by atoms with Crippen molar-refractivity contribution >= 4 is 21.8 Å². The van der Waals surface area contributed by atoms with Gasteiger partial charge >= 0.3 is 0 Å². The van der Waals surface area contributed by atoms with Crippen molar-refractivity contribution in [2.45, 2.75) is 6.92 Å². The first-order valence-corrected chi connectivity index (χ1v) is 4.69. The van der Waals surface area contributed by atoms with Crippen molar-refractivity contribution in [1.29, 1.82) is 0 Å². The third-order valence-corrected chi connectivity index (χ3v) is 2.51. The van der Waals surface area contributed by atoms with E-state index in [1.165, 1.54) is 0 Å². The fourth-order valence-electron chi connectivity index (χ4n) is 0.948. The monoisotopic (exact) mass is 245 g/mol. The minimum Gasteiger partial charge on any atom is -0.308 e. The number of hydrogen-bond donors (Lipinski definition) is 2. The standard InChI is InChI=1S/C7H12BrN5/c1-3-10-7(12-9)5-4-11-13(2)6(5)8/h4H,3,9H2,1-2H3,(H,10,12). The fraction of sp³-hybridized carbons (Fsp3) is 0.429. The normalized spacial score (nSPS) is 11.8. The van der Waals surface area contributed by atoms with E-state index >= 15 is 0 Å². The Kier molecular flexibility index (Phi) is 3.44. The van der Waals surface area contributed by atoms with Gasteiger partial charge in [0.25, 0.3) is 0 Å². The van der Waals surface area contributed by atoms with Crippen LogP contribution in [0.15, 0.2) is 15.8 Å². The van der Waals surface area contributed by atoms with Gasteiger partial charge < -0.3 is 5.43 Å². The molecule has 0 spiro atoms. The van der Waals surface area contributed by atoms with Crippen molar-refractivity contribution in [2.24, 2.45) is 17.9 Å². The van der Waals surface area contributed by atoms with Gasteiger partial charge in [-0.25, -0.2) is 5.84 Å². The van der Waals surface area contributed by atoms with Crippen molar-refractivity contribution in [3.05, 3.63) is 16.4 Å². The van der Waals surface area contributed by atoms with Crippen LogP contribution in [0.4, 0.5) is 0 Å². The largest absolute Gasteiger partial charge is 0.308 e. The molecule has 6 heteroatoms. The Labute approximate surface area is 85.1 Å². The molecule has 0 bridgehead atoms. The van der Waals surface area contributed by atoms with Crippen LogP contribution in [0, 0.1) is 0 Å². The number of nitrogens with one attached hydrogen (secondary N) is 1. The molecule has 0 atom stereocenters. The second-order valence-corrected chi connectivity index (χ2v) is 3.19. The van der Waals surface area contributed by atoms with E-state index in [0.29, 0.717) is 12.4 Å². The predicted molar refractivity (Wildman–Crippen MR) is 55.3 cm³/mol. The van der Waals surface area contributed by atoms with E-state index < -0.39 is 0 Å². The van der Waals surface area contributed by atoms with Crippen LogP contribution in [0.2, 0.25) is 0 Å². The number of nitrogens with two attached hydrogens (primary N) is 1. The molecule has 0 saturated carbocycles. The summed E-state index contributed by atoms with van der Waals surface area (Å²) in [6.45, 7) is 2.63. The fourth-order valence-corrected chi connectivity index (χ4v) is 1.33. The number of halogens is 1. The molecule has 72 valence electrons. The first-order valence-electron chi connectivity index (χ1n) is 3.89. The topological polar surface area (TPSA) is 68.2 Å². The molecule has 0 aliphatic carbocycles. The average Bonchev–Trinajstić information content (AvgIpc) is 2.45. The number of nitrogens with zero attached hydrogens (tertiary/aromatic N) is 3. The average molecular weight is 246 g/mol. The Morgan fingerprint density at radius 1 is 1.85 bits per heavy atom. The third-order valence-electron chi connectivity index (χ3n) is 1.57. The molecular weight excluding hydrogens is 234 g/mol. The summed E-state index contributed by atoms with van der Waals surface area (Å²) in [5.74, 6) is 5.97. The molecule has 3 N–H and O–H groups in total. The number of aromatic nitrogens is 2. The first-order chi connectivity index (χ1) is 6.20. The zero-order valence-corrected chi connectivity index (χ0v) is 9.17. The zero-order chi connectivity index (χ0) is 9.84. The van der Waals surface area contributed by atoms with Crippen molar-refractivity contribution in [3.63, 3.8) is 0 Å². The molecule has 0 unspecified atom stereocenters. The minimum atomic E-state index is 0.641. The maximum absolute atomic E-state index is 5.33. The molecule has 1 aromatic rings. The molecule has 0 saturated heterocycles. The first kappa shape index (κ1) is 10.2. The summed E-state index contributed by atoms with van der Waals surface area (Å²) in [6.07, 6.45) is 1.71. The van der Waals surface area contributed by atoms with Crippen LogP contribution in [0.25, 0.3) is 0 Å². The van der Waals surface area contributed by atoms with E-state index in [2.05, 4.69) is 31.4 Å². The lowest BCUT2D eigenvalue weighted by Gasteiger charge is -2.02. The number of rotatable bonds is 2. The van der Waals surface area contributed by atoms with Crippen molar-refractivity contribution in [2.75, 3.05) is 6.54 Å². The second-order valence-electron chi connectivity index (χ2n) is 2.44. The Morgan fingerprint density at radius 2 is 2.54 bits per heavy atom. The van der Waals surface area contributed by atoms with E-state index in [0.717, 1.165) is 10.2 Å². The summed E-state index contributed by atoms with van der Waals surface area (Å²) in [5.41, 5.74) is 3.41. The van der Waals surface area contributed by atoms with E-state index in [1.807, 2.05) is 14.0 Å². The molecule has 1 aromatic heterocycles. The lowest BCUT2D eigenvalue weighted by molar-refractivity contribution is 0.749. The molecule has 1 heterocycles. The van der Waals surface area contributed by atoms with E-state index in [1.54, 1.807) is 10.9 Å². The molecular formula is C7H12BrN5. The summed E-state index contributed by atoms with van der Waals surface area (Å²) in [5, 5.41) is 4.06. The highest BCUT2D eigenvalue weighted by molar-refractivity contribution is 9.10. The van der Waals surface area contributed by atoms with Crippen molar-refractivity contribution in [1.82, 2.24) is 15.2 Å². The van der Waals surface area contributed by atoms with Crippen LogP contribution in [-0.2, 0) is 7.05 Å². The van der Waals surface area contributed by atoms with Crippen LogP contribution in [0.1, 0.15) is 12.5 Å². The summed E-state index contributed by atoms with van der Waals surface area (Å²) < 4.78 is 2.57. The van der Waals surface area contributed by atoms with Gasteiger partial charge in [0.05, 0.1) is 11.8 Å². The SMILES string of the molecule is CCN=C(NN)c1cnn(C)c1Br. The van der Waals surface area contributed by atoms with Gasteiger partial charge in [0.1, 0.15) is 10.4 Å². The maximum atomic E-state index is 5.33. The van der Waals surface area contributed by atoms with Gasteiger partial charge in [-0.15, -0.1) is 0 Å². The lowest BCUT2D eigenvalue weighted by Crippen LogP contribution is -2.31. The van der Waals surface area contributed by atoms with Gasteiger partial charge in [-0.2, -0.15) is 5.10 Å². The number of hydrogen-bond acceptors (Lipinski definition) is 3. The summed E-state index contributed by atoms with van der Waals surface area (Å²) in [6, 6.07) is 0. The van der Waals surface area contributed by atoms with Gasteiger partial charge in [-0.05, 0) is 22.9 Å². The van der Waals surface area contributed by atoms with Gasteiger partial charge in [-0.3, -0.25) is 9.67 Å². The van der Waals surface area contributed by atoms with Gasteiger partial charge in [0, 0.05) is 13.6 Å². The molecule has 0 fully saturated rings. The van der Waals surface area contributed by atoms with Crippen LogP contribution in [0.5, 0.6) is 0 Å². The van der Waals surface area contributed by atoms with E-state index in [4.69, 9.17) is 5.84 Å². The predicted octanol–water partition coefficient (Wildman–Crippen LogP) is 0.412. The molecule has 0 radical (unpaired) electrons. The molecule has 5 nitrogen and oxygen atoms in total.